The summed E-state index contributed by atoms with van der Waals surface area (Å²) in [5.41, 5.74) is 16.4. The molecule has 0 unspecified atom stereocenters. The van der Waals surface area contributed by atoms with Gasteiger partial charge < -0.3 is 0 Å². The quantitative estimate of drug-likeness (QED) is 0.101. The maximum absolute atomic E-state index is 9.73. The number of fused-ring (bicyclic) bond motifs is 4. The van der Waals surface area contributed by atoms with Crippen molar-refractivity contribution in [2.75, 3.05) is 0 Å². The smallest absolute Gasteiger partial charge is 0.146 e. The average Bonchev–Trinajstić information content (AvgIpc) is 3.05. The summed E-state index contributed by atoms with van der Waals surface area (Å²) in [6, 6.07) is 20.4. The standard InChI is InChI=1S/C44H50N4Si2/c1-27(2)49(28(3)4,29(5)6)19-17-39-37-15-13-14-16-38(37)40(18-20-50(30(7)8,31(9)10)32(11)12)44-43(39)47-41-23-33-21-35(25-45)36(26-46)22-34(33)24-42(41)48-44/h13-16,21-24,27-32H,1-12H3. The van der Waals surface area contributed by atoms with Gasteiger partial charge in [-0.05, 0) is 68.3 Å². The molecule has 254 valence electrons. The van der Waals surface area contributed by atoms with Gasteiger partial charge in [0.2, 0.25) is 0 Å². The molecule has 0 aliphatic carbocycles. The minimum atomic E-state index is -2.07. The van der Waals surface area contributed by atoms with Gasteiger partial charge in [0.1, 0.15) is 39.3 Å². The van der Waals surface area contributed by atoms with Crippen molar-refractivity contribution in [2.45, 2.75) is 116 Å². The Morgan fingerprint density at radius 1 is 0.500 bits per heavy atom. The molecule has 0 aliphatic rings. The molecule has 0 saturated heterocycles. The summed E-state index contributed by atoms with van der Waals surface area (Å²) in [7, 11) is -4.15. The van der Waals surface area contributed by atoms with Crippen LogP contribution in [-0.4, -0.2) is 26.1 Å². The normalized spacial score (nSPS) is 12.3. The predicted molar refractivity (Wildman–Crippen MR) is 217 cm³/mol. The van der Waals surface area contributed by atoms with Crippen LogP contribution in [0.2, 0.25) is 33.2 Å². The second-order valence-corrected chi connectivity index (χ2v) is 27.0. The number of hydrogen-bond donors (Lipinski definition) is 0. The summed E-state index contributed by atoms with van der Waals surface area (Å²) >= 11 is 0. The molecule has 5 rings (SSSR count). The van der Waals surface area contributed by atoms with Crippen molar-refractivity contribution in [3.63, 3.8) is 0 Å². The molecule has 0 atom stereocenters. The van der Waals surface area contributed by atoms with Gasteiger partial charge in [-0.15, -0.1) is 11.1 Å². The fourth-order valence-electron chi connectivity index (χ4n) is 9.02. The van der Waals surface area contributed by atoms with E-state index in [2.05, 4.69) is 142 Å². The van der Waals surface area contributed by atoms with E-state index in [1.807, 2.05) is 12.1 Å². The van der Waals surface area contributed by atoms with E-state index in [-0.39, 0.29) is 0 Å². The number of aromatic nitrogens is 2. The van der Waals surface area contributed by atoms with Crippen molar-refractivity contribution in [3.05, 3.63) is 70.8 Å². The van der Waals surface area contributed by atoms with Gasteiger partial charge >= 0.3 is 0 Å². The fourth-order valence-corrected chi connectivity index (χ4v) is 19.4. The van der Waals surface area contributed by atoms with E-state index in [1.165, 1.54) is 0 Å². The third-order valence-electron chi connectivity index (χ3n) is 11.5. The monoisotopic (exact) mass is 690 g/mol. The second-order valence-electron chi connectivity index (χ2n) is 15.8. The highest BCUT2D eigenvalue weighted by Crippen LogP contribution is 2.43. The summed E-state index contributed by atoms with van der Waals surface area (Å²) < 4.78 is 0. The summed E-state index contributed by atoms with van der Waals surface area (Å²) in [6.45, 7) is 28.1. The molecule has 1 aromatic heterocycles. The highest BCUT2D eigenvalue weighted by molar-refractivity contribution is 6.91. The third-order valence-corrected chi connectivity index (χ3v) is 24.1. The Morgan fingerprint density at radius 2 is 0.820 bits per heavy atom. The van der Waals surface area contributed by atoms with Crippen LogP contribution in [0.3, 0.4) is 0 Å². The lowest BCUT2D eigenvalue weighted by Gasteiger charge is -2.38. The van der Waals surface area contributed by atoms with Gasteiger partial charge in [0, 0.05) is 10.8 Å². The Hall–Kier alpha value is -4.47. The van der Waals surface area contributed by atoms with Gasteiger partial charge in [-0.3, -0.25) is 0 Å². The molecule has 0 amide bonds. The van der Waals surface area contributed by atoms with Gasteiger partial charge in [-0.25, -0.2) is 9.97 Å². The Kier molecular flexibility index (Phi) is 10.3. The van der Waals surface area contributed by atoms with Gasteiger partial charge in [0.15, 0.2) is 0 Å². The molecule has 0 radical (unpaired) electrons. The molecule has 0 fully saturated rings. The van der Waals surface area contributed by atoms with E-state index in [0.29, 0.717) is 44.4 Å². The van der Waals surface area contributed by atoms with Crippen molar-refractivity contribution in [3.8, 4) is 35.1 Å². The summed E-state index contributed by atoms with van der Waals surface area (Å²) in [4.78, 5) is 10.7. The van der Waals surface area contributed by atoms with Crippen molar-refractivity contribution >= 4 is 59.8 Å². The second kappa shape index (κ2) is 14.0. The molecule has 0 spiro atoms. The van der Waals surface area contributed by atoms with Gasteiger partial charge in [0.25, 0.3) is 0 Å². The maximum Gasteiger partial charge on any atom is 0.146 e. The van der Waals surface area contributed by atoms with Crippen LogP contribution in [0.25, 0.3) is 43.6 Å². The molecular formula is C44H50N4Si2. The number of hydrogen-bond acceptors (Lipinski definition) is 4. The lowest BCUT2D eigenvalue weighted by atomic mass is 9.97. The summed E-state index contributed by atoms with van der Waals surface area (Å²) in [6.07, 6.45) is 0. The third kappa shape index (κ3) is 6.00. The lowest BCUT2D eigenvalue weighted by molar-refractivity contribution is 0.838. The van der Waals surface area contributed by atoms with Crippen LogP contribution in [-0.2, 0) is 0 Å². The van der Waals surface area contributed by atoms with Crippen molar-refractivity contribution in [1.29, 1.82) is 10.5 Å². The van der Waals surface area contributed by atoms with Crippen molar-refractivity contribution < 1.29 is 0 Å². The SMILES string of the molecule is CC(C)[Si](C#Cc1c2ccccc2c(C#C[Si](C(C)C)(C(C)C)C(C)C)c2nc3cc4cc(C#N)c(C#N)cc4cc3nc12)(C(C)C)C(C)C. The van der Waals surface area contributed by atoms with E-state index >= 15 is 0 Å². The van der Waals surface area contributed by atoms with E-state index in [4.69, 9.17) is 9.97 Å². The fraction of sp³-hybridized carbons (Fsp3) is 0.409. The topological polar surface area (TPSA) is 73.4 Å². The Morgan fingerprint density at radius 3 is 1.10 bits per heavy atom. The van der Waals surface area contributed by atoms with Crippen LogP contribution in [0.5, 0.6) is 0 Å². The van der Waals surface area contributed by atoms with Crippen LogP contribution in [0, 0.1) is 45.6 Å². The predicted octanol–water partition coefficient (Wildman–Crippen LogP) is 12.0. The molecule has 5 aromatic rings. The minimum absolute atomic E-state index is 0.355. The van der Waals surface area contributed by atoms with E-state index in [1.54, 1.807) is 12.1 Å². The Labute approximate surface area is 301 Å². The first-order chi connectivity index (χ1) is 23.6. The van der Waals surface area contributed by atoms with Gasteiger partial charge in [0.05, 0.1) is 33.3 Å². The molecule has 4 nitrogen and oxygen atoms in total. The first kappa shape index (κ1) is 36.8. The largest absolute Gasteiger partial charge is 0.243 e. The van der Waals surface area contributed by atoms with Crippen LogP contribution < -0.4 is 0 Å². The number of rotatable bonds is 6. The Balaban J connectivity index is 2.00. The number of nitrogens with zero attached hydrogens (tertiary/aromatic N) is 4. The first-order valence-electron chi connectivity index (χ1n) is 18.1. The summed E-state index contributed by atoms with van der Waals surface area (Å²) in [5, 5.41) is 23.3. The van der Waals surface area contributed by atoms with Crippen LogP contribution in [0.15, 0.2) is 48.5 Å². The van der Waals surface area contributed by atoms with Gasteiger partial charge in [-0.1, -0.05) is 119 Å². The zero-order chi connectivity index (χ0) is 36.7. The minimum Gasteiger partial charge on any atom is -0.243 e. The maximum atomic E-state index is 9.73. The van der Waals surface area contributed by atoms with E-state index < -0.39 is 16.1 Å². The molecule has 1 heterocycles. The van der Waals surface area contributed by atoms with Crippen LogP contribution in [0.4, 0.5) is 0 Å². The highest BCUT2D eigenvalue weighted by atomic mass is 28.3. The molecule has 0 N–H and O–H groups in total. The molecular weight excluding hydrogens is 641 g/mol. The number of benzene rings is 4. The van der Waals surface area contributed by atoms with Crippen LogP contribution >= 0.6 is 0 Å². The average molecular weight is 691 g/mol. The highest BCUT2D eigenvalue weighted by Gasteiger charge is 2.43. The molecule has 0 saturated carbocycles. The van der Waals surface area contributed by atoms with E-state index in [9.17, 15) is 10.5 Å². The number of nitriles is 2. The molecule has 4 aromatic carbocycles. The molecule has 0 bridgehead atoms. The summed E-state index contributed by atoms with van der Waals surface area (Å²) in [5.74, 6) is 7.59. The van der Waals surface area contributed by atoms with E-state index in [0.717, 1.165) is 54.7 Å². The van der Waals surface area contributed by atoms with Gasteiger partial charge in [-0.2, -0.15) is 10.5 Å². The molecule has 50 heavy (non-hydrogen) atoms. The lowest BCUT2D eigenvalue weighted by Crippen LogP contribution is -2.43. The molecule has 6 heteroatoms. The van der Waals surface area contributed by atoms with Crippen molar-refractivity contribution in [1.82, 2.24) is 9.97 Å². The van der Waals surface area contributed by atoms with Crippen LogP contribution in [0.1, 0.15) is 105 Å². The Bertz CT molecular complexity index is 2140. The zero-order valence-electron chi connectivity index (χ0n) is 31.9. The molecule has 0 aliphatic heterocycles. The van der Waals surface area contributed by atoms with Crippen molar-refractivity contribution in [2.24, 2.45) is 0 Å². The first-order valence-corrected chi connectivity index (χ1v) is 22.6. The zero-order valence-corrected chi connectivity index (χ0v) is 33.9.